The minimum Gasteiger partial charge on any atom is -0.497 e. The molecule has 0 radical (unpaired) electrons. The second-order valence-corrected chi connectivity index (χ2v) is 8.24. The number of nitrogens with zero attached hydrogens (tertiary/aromatic N) is 2. The van der Waals surface area contributed by atoms with Crippen LogP contribution in [0, 0.1) is 10.1 Å². The fraction of sp³-hybridized carbons (Fsp3) is 0.143. The van der Waals surface area contributed by atoms with Gasteiger partial charge in [0.1, 0.15) is 5.75 Å². The highest BCUT2D eigenvalue weighted by molar-refractivity contribution is 7.89. The summed E-state index contributed by atoms with van der Waals surface area (Å²) in [5.74, 6) is 0.657. The van der Waals surface area contributed by atoms with Crippen LogP contribution < -0.4 is 4.74 Å². The first-order chi connectivity index (χ1) is 13.9. The number of nitro groups is 1. The molecule has 0 aliphatic carbocycles. The second kappa shape index (κ2) is 8.85. The van der Waals surface area contributed by atoms with Crippen molar-refractivity contribution in [1.82, 2.24) is 4.31 Å². The number of para-hydroxylation sites is 1. The van der Waals surface area contributed by atoms with Gasteiger partial charge in [-0.1, -0.05) is 54.6 Å². The topological polar surface area (TPSA) is 89.8 Å². The van der Waals surface area contributed by atoms with Gasteiger partial charge in [0.05, 0.1) is 12.0 Å². The van der Waals surface area contributed by atoms with Gasteiger partial charge in [0.2, 0.25) is 0 Å². The number of ether oxygens (including phenoxy) is 1. The fourth-order valence-corrected chi connectivity index (χ4v) is 4.49. The summed E-state index contributed by atoms with van der Waals surface area (Å²) >= 11 is 0. The van der Waals surface area contributed by atoms with Crippen LogP contribution in [0.5, 0.6) is 5.75 Å². The lowest BCUT2D eigenvalue weighted by atomic mass is 10.2. The number of rotatable bonds is 8. The minimum atomic E-state index is -4.13. The van der Waals surface area contributed by atoms with E-state index in [2.05, 4.69) is 0 Å². The van der Waals surface area contributed by atoms with Gasteiger partial charge in [-0.15, -0.1) is 0 Å². The molecule has 0 amide bonds. The number of hydrogen-bond donors (Lipinski definition) is 0. The highest BCUT2D eigenvalue weighted by Gasteiger charge is 2.31. The molecule has 3 aromatic rings. The zero-order valence-corrected chi connectivity index (χ0v) is 16.6. The fourth-order valence-electron chi connectivity index (χ4n) is 2.91. The van der Waals surface area contributed by atoms with Gasteiger partial charge in [-0.25, -0.2) is 8.42 Å². The number of sulfonamides is 1. The van der Waals surface area contributed by atoms with Crippen molar-refractivity contribution >= 4 is 15.7 Å². The monoisotopic (exact) mass is 412 g/mol. The van der Waals surface area contributed by atoms with Gasteiger partial charge in [0, 0.05) is 19.2 Å². The Morgan fingerprint density at radius 3 is 2.00 bits per heavy atom. The third kappa shape index (κ3) is 4.79. The van der Waals surface area contributed by atoms with E-state index in [1.54, 1.807) is 31.4 Å². The predicted molar refractivity (Wildman–Crippen MR) is 109 cm³/mol. The number of benzene rings is 3. The van der Waals surface area contributed by atoms with Crippen molar-refractivity contribution in [2.75, 3.05) is 7.11 Å². The third-order valence-electron chi connectivity index (χ3n) is 4.40. The molecule has 0 aliphatic heterocycles. The van der Waals surface area contributed by atoms with Crippen LogP contribution in [-0.2, 0) is 23.1 Å². The van der Waals surface area contributed by atoms with Crippen LogP contribution in [0.1, 0.15) is 11.1 Å². The van der Waals surface area contributed by atoms with Gasteiger partial charge in [0.25, 0.3) is 15.7 Å². The summed E-state index contributed by atoms with van der Waals surface area (Å²) < 4.78 is 33.2. The summed E-state index contributed by atoms with van der Waals surface area (Å²) in [5.41, 5.74) is 1.08. The maximum Gasteiger partial charge on any atom is 0.289 e. The zero-order chi connectivity index (χ0) is 20.9. The molecule has 0 bridgehead atoms. The van der Waals surface area contributed by atoms with Crippen molar-refractivity contribution in [3.8, 4) is 5.75 Å². The summed E-state index contributed by atoms with van der Waals surface area (Å²) in [5, 5.41) is 11.4. The Hall–Kier alpha value is -3.23. The van der Waals surface area contributed by atoms with Crippen molar-refractivity contribution in [3.05, 3.63) is 100 Å². The first kappa shape index (κ1) is 20.5. The van der Waals surface area contributed by atoms with E-state index in [0.717, 1.165) is 11.1 Å². The number of hydrogen-bond acceptors (Lipinski definition) is 5. The predicted octanol–water partition coefficient (Wildman–Crippen LogP) is 3.99. The maximum atomic E-state index is 13.4. The van der Waals surface area contributed by atoms with E-state index in [1.807, 2.05) is 30.3 Å². The molecule has 8 heteroatoms. The molecule has 150 valence electrons. The summed E-state index contributed by atoms with van der Waals surface area (Å²) in [6.07, 6.45) is 0. The average Bonchev–Trinajstić information content (AvgIpc) is 2.74. The SMILES string of the molecule is COc1ccc(CN(Cc2ccccc2)S(=O)(=O)c2ccccc2[N+](=O)[O-])cc1. The van der Waals surface area contributed by atoms with E-state index in [-0.39, 0.29) is 18.0 Å². The quantitative estimate of drug-likeness (QED) is 0.412. The van der Waals surface area contributed by atoms with Gasteiger partial charge in [-0.3, -0.25) is 10.1 Å². The van der Waals surface area contributed by atoms with Crippen LogP contribution in [0.3, 0.4) is 0 Å². The molecule has 3 rings (SSSR count). The lowest BCUT2D eigenvalue weighted by molar-refractivity contribution is -0.387. The average molecular weight is 412 g/mol. The minimum absolute atomic E-state index is 0.0628. The van der Waals surface area contributed by atoms with Crippen LogP contribution in [-0.4, -0.2) is 24.8 Å². The smallest absolute Gasteiger partial charge is 0.289 e. The van der Waals surface area contributed by atoms with Crippen molar-refractivity contribution in [1.29, 1.82) is 0 Å². The van der Waals surface area contributed by atoms with E-state index in [1.165, 1.54) is 28.6 Å². The summed E-state index contributed by atoms with van der Waals surface area (Å²) in [6, 6.07) is 21.5. The van der Waals surface area contributed by atoms with Gasteiger partial charge in [0.15, 0.2) is 4.90 Å². The normalized spacial score (nSPS) is 11.4. The summed E-state index contributed by atoms with van der Waals surface area (Å²) in [6.45, 7) is 0.147. The Kier molecular flexibility index (Phi) is 6.26. The van der Waals surface area contributed by atoms with Crippen LogP contribution >= 0.6 is 0 Å². The highest BCUT2D eigenvalue weighted by atomic mass is 32.2. The molecule has 0 fully saturated rings. The summed E-state index contributed by atoms with van der Waals surface area (Å²) in [4.78, 5) is 10.4. The van der Waals surface area contributed by atoms with Crippen LogP contribution in [0.4, 0.5) is 5.69 Å². The van der Waals surface area contributed by atoms with Gasteiger partial charge in [-0.05, 0) is 29.3 Å². The van der Waals surface area contributed by atoms with Crippen LogP contribution in [0.2, 0.25) is 0 Å². The highest BCUT2D eigenvalue weighted by Crippen LogP contribution is 2.28. The van der Waals surface area contributed by atoms with Gasteiger partial charge in [-0.2, -0.15) is 4.31 Å². The second-order valence-electron chi connectivity index (χ2n) is 6.33. The Labute approximate surface area is 169 Å². The largest absolute Gasteiger partial charge is 0.497 e. The number of nitro benzene ring substituents is 1. The molecule has 0 heterocycles. The van der Waals surface area contributed by atoms with E-state index < -0.39 is 20.6 Å². The lowest BCUT2D eigenvalue weighted by Gasteiger charge is -2.22. The molecule has 3 aromatic carbocycles. The Morgan fingerprint density at radius 2 is 1.41 bits per heavy atom. The molecule has 0 spiro atoms. The molecule has 0 aliphatic rings. The van der Waals surface area contributed by atoms with Crippen molar-refractivity contribution in [2.24, 2.45) is 0 Å². The molecule has 0 saturated heterocycles. The van der Waals surface area contributed by atoms with E-state index in [4.69, 9.17) is 4.74 Å². The zero-order valence-electron chi connectivity index (χ0n) is 15.8. The number of methoxy groups -OCH3 is 1. The lowest BCUT2D eigenvalue weighted by Crippen LogP contribution is -2.30. The van der Waals surface area contributed by atoms with E-state index in [0.29, 0.717) is 5.75 Å². The molecule has 0 saturated carbocycles. The molecular formula is C21H20N2O5S. The van der Waals surface area contributed by atoms with Crippen molar-refractivity contribution < 1.29 is 18.1 Å². The van der Waals surface area contributed by atoms with E-state index in [9.17, 15) is 18.5 Å². The molecule has 7 nitrogen and oxygen atoms in total. The molecule has 0 atom stereocenters. The Morgan fingerprint density at radius 1 is 0.862 bits per heavy atom. The van der Waals surface area contributed by atoms with Crippen LogP contribution in [0.25, 0.3) is 0 Å². The first-order valence-electron chi connectivity index (χ1n) is 8.82. The molecular weight excluding hydrogens is 392 g/mol. The standard InChI is InChI=1S/C21H20N2O5S/c1-28-19-13-11-18(12-14-19)16-22(15-17-7-3-2-4-8-17)29(26,27)21-10-6-5-9-20(21)23(24)25/h2-14H,15-16H2,1H3. The van der Waals surface area contributed by atoms with Crippen molar-refractivity contribution in [3.63, 3.8) is 0 Å². The Balaban J connectivity index is 2.02. The van der Waals surface area contributed by atoms with Crippen molar-refractivity contribution in [2.45, 2.75) is 18.0 Å². The maximum absolute atomic E-state index is 13.4. The first-order valence-corrected chi connectivity index (χ1v) is 10.3. The molecule has 29 heavy (non-hydrogen) atoms. The summed E-state index contributed by atoms with van der Waals surface area (Å²) in [7, 11) is -2.58. The van der Waals surface area contributed by atoms with Gasteiger partial charge < -0.3 is 4.74 Å². The van der Waals surface area contributed by atoms with Gasteiger partial charge >= 0.3 is 0 Å². The van der Waals surface area contributed by atoms with Crippen LogP contribution in [0.15, 0.2) is 83.8 Å². The third-order valence-corrected chi connectivity index (χ3v) is 6.24. The Bertz CT molecular complexity index is 1080. The van der Waals surface area contributed by atoms with E-state index >= 15 is 0 Å². The molecule has 0 aromatic heterocycles. The molecule has 0 unspecified atom stereocenters. The molecule has 0 N–H and O–H groups in total.